The van der Waals surface area contributed by atoms with Crippen LogP contribution in [0.4, 0.5) is 18.9 Å². The molecule has 0 radical (unpaired) electrons. The fourth-order valence-corrected chi connectivity index (χ4v) is 4.72. The minimum absolute atomic E-state index is 0.0780. The zero-order valence-electron chi connectivity index (χ0n) is 14.9. The van der Waals surface area contributed by atoms with Crippen LogP contribution in [-0.4, -0.2) is 31.7 Å². The van der Waals surface area contributed by atoms with Crippen LogP contribution in [0.25, 0.3) is 0 Å². The molecule has 150 valence electrons. The molecule has 2 aromatic carbocycles. The highest BCUT2D eigenvalue weighted by Gasteiger charge is 2.32. The van der Waals surface area contributed by atoms with Gasteiger partial charge in [0.05, 0.1) is 5.75 Å². The average molecular weight is 412 g/mol. The van der Waals surface area contributed by atoms with Crippen molar-refractivity contribution in [3.05, 3.63) is 65.5 Å². The van der Waals surface area contributed by atoms with E-state index in [0.717, 1.165) is 12.1 Å². The number of carbonyl (C=O) groups excluding carboxylic acids is 1. The highest BCUT2D eigenvalue weighted by atomic mass is 32.2. The number of anilines is 1. The number of sulfonamides is 1. The van der Waals surface area contributed by atoms with E-state index >= 15 is 0 Å². The summed E-state index contributed by atoms with van der Waals surface area (Å²) in [5, 5.41) is 2.24. The molecule has 1 aliphatic heterocycles. The molecule has 0 spiro atoms. The molecule has 1 saturated heterocycles. The molecule has 1 N–H and O–H groups in total. The van der Waals surface area contributed by atoms with Gasteiger partial charge in [-0.15, -0.1) is 0 Å². The van der Waals surface area contributed by atoms with E-state index in [1.54, 1.807) is 6.07 Å². The van der Waals surface area contributed by atoms with E-state index in [1.807, 2.05) is 0 Å². The topological polar surface area (TPSA) is 66.5 Å². The molecular weight excluding hydrogens is 393 g/mol. The van der Waals surface area contributed by atoms with Crippen LogP contribution in [0, 0.1) is 23.4 Å². The normalized spacial score (nSPS) is 16.1. The van der Waals surface area contributed by atoms with Crippen LogP contribution in [0.3, 0.4) is 0 Å². The first kappa shape index (κ1) is 20.3. The van der Waals surface area contributed by atoms with Crippen molar-refractivity contribution < 1.29 is 26.4 Å². The monoisotopic (exact) mass is 412 g/mol. The van der Waals surface area contributed by atoms with Gasteiger partial charge in [-0.05, 0) is 31.0 Å². The summed E-state index contributed by atoms with van der Waals surface area (Å²) >= 11 is 0. The molecule has 0 aromatic heterocycles. The van der Waals surface area contributed by atoms with Gasteiger partial charge in [-0.25, -0.2) is 25.9 Å². The van der Waals surface area contributed by atoms with E-state index < -0.39 is 50.7 Å². The molecule has 0 aliphatic carbocycles. The van der Waals surface area contributed by atoms with E-state index in [0.29, 0.717) is 0 Å². The summed E-state index contributed by atoms with van der Waals surface area (Å²) in [5.74, 6) is -3.94. The Labute approximate surface area is 161 Å². The number of nitrogens with zero attached hydrogens (tertiary/aromatic N) is 1. The Bertz CT molecular complexity index is 954. The Hall–Kier alpha value is -2.39. The van der Waals surface area contributed by atoms with Crippen LogP contribution in [-0.2, 0) is 20.6 Å². The lowest BCUT2D eigenvalue weighted by Gasteiger charge is -2.30. The Balaban J connectivity index is 1.61. The van der Waals surface area contributed by atoms with Gasteiger partial charge in [0, 0.05) is 24.6 Å². The summed E-state index contributed by atoms with van der Waals surface area (Å²) in [7, 11) is -3.74. The smallest absolute Gasteiger partial charge is 0.227 e. The van der Waals surface area contributed by atoms with Crippen molar-refractivity contribution in [2.45, 2.75) is 18.6 Å². The minimum Gasteiger partial charge on any atom is -0.321 e. The van der Waals surface area contributed by atoms with E-state index in [9.17, 15) is 26.4 Å². The highest BCUT2D eigenvalue weighted by molar-refractivity contribution is 7.88. The third kappa shape index (κ3) is 4.53. The summed E-state index contributed by atoms with van der Waals surface area (Å²) in [6.45, 7) is 0.156. The van der Waals surface area contributed by atoms with Crippen LogP contribution in [0.5, 0.6) is 0 Å². The van der Waals surface area contributed by atoms with Crippen LogP contribution >= 0.6 is 0 Å². The molecule has 0 saturated carbocycles. The summed E-state index contributed by atoms with van der Waals surface area (Å²) < 4.78 is 67.3. The molecule has 0 atom stereocenters. The number of para-hydroxylation sites is 1. The fourth-order valence-electron chi connectivity index (χ4n) is 3.14. The van der Waals surface area contributed by atoms with Gasteiger partial charge in [0.2, 0.25) is 15.9 Å². The molecule has 28 heavy (non-hydrogen) atoms. The molecular formula is C19H19F3N2O3S. The Morgan fingerprint density at radius 3 is 2.14 bits per heavy atom. The summed E-state index contributed by atoms with van der Waals surface area (Å²) in [6.07, 6.45) is 0.414. The second-order valence-electron chi connectivity index (χ2n) is 6.61. The highest BCUT2D eigenvalue weighted by Crippen LogP contribution is 2.25. The maximum atomic E-state index is 13.7. The van der Waals surface area contributed by atoms with Crippen LogP contribution in [0.15, 0.2) is 42.5 Å². The molecule has 0 unspecified atom stereocenters. The van der Waals surface area contributed by atoms with E-state index in [2.05, 4.69) is 5.32 Å². The zero-order valence-corrected chi connectivity index (χ0v) is 15.7. The van der Waals surface area contributed by atoms with Crippen molar-refractivity contribution in [1.82, 2.24) is 4.31 Å². The number of hydrogen-bond donors (Lipinski definition) is 1. The predicted octanol–water partition coefficient (Wildman–Crippen LogP) is 3.28. The second kappa shape index (κ2) is 8.32. The minimum atomic E-state index is -3.74. The number of hydrogen-bond acceptors (Lipinski definition) is 3. The maximum Gasteiger partial charge on any atom is 0.227 e. The molecule has 3 rings (SSSR count). The van der Waals surface area contributed by atoms with Gasteiger partial charge in [-0.2, -0.15) is 0 Å². The van der Waals surface area contributed by atoms with Gasteiger partial charge in [-0.1, -0.05) is 24.3 Å². The van der Waals surface area contributed by atoms with Gasteiger partial charge >= 0.3 is 0 Å². The van der Waals surface area contributed by atoms with Gasteiger partial charge in [-0.3, -0.25) is 4.79 Å². The standard InChI is InChI=1S/C19H19F3N2O3S/c20-15-5-2-1-4-14(15)12-28(26,27)24-10-8-13(9-11-24)19(25)23-18-16(21)6-3-7-17(18)22/h1-7,13H,8-12H2,(H,23,25). The van der Waals surface area contributed by atoms with Gasteiger partial charge in [0.15, 0.2) is 0 Å². The molecule has 1 heterocycles. The number of carbonyl (C=O) groups is 1. The Kier molecular flexibility index (Phi) is 6.04. The number of piperidine rings is 1. The molecule has 1 fully saturated rings. The Morgan fingerprint density at radius 2 is 1.54 bits per heavy atom. The van der Waals surface area contributed by atoms with Crippen molar-refractivity contribution in [1.29, 1.82) is 0 Å². The van der Waals surface area contributed by atoms with Gasteiger partial charge in [0.1, 0.15) is 23.1 Å². The fraction of sp³-hybridized carbons (Fsp3) is 0.316. The largest absolute Gasteiger partial charge is 0.321 e. The van der Waals surface area contributed by atoms with Crippen molar-refractivity contribution in [3.63, 3.8) is 0 Å². The molecule has 1 amide bonds. The summed E-state index contributed by atoms with van der Waals surface area (Å²) in [4.78, 5) is 12.3. The predicted molar refractivity (Wildman–Crippen MR) is 98.3 cm³/mol. The van der Waals surface area contributed by atoms with E-state index in [-0.39, 0.29) is 31.5 Å². The molecule has 5 nitrogen and oxygen atoms in total. The molecule has 0 bridgehead atoms. The molecule has 2 aromatic rings. The van der Waals surface area contributed by atoms with Crippen molar-refractivity contribution in [2.24, 2.45) is 5.92 Å². The first-order chi connectivity index (χ1) is 13.3. The van der Waals surface area contributed by atoms with Crippen molar-refractivity contribution in [2.75, 3.05) is 18.4 Å². The summed E-state index contributed by atoms with van der Waals surface area (Å²) in [6, 6.07) is 8.92. The zero-order chi connectivity index (χ0) is 20.3. The third-order valence-corrected chi connectivity index (χ3v) is 6.55. The lowest BCUT2D eigenvalue weighted by atomic mass is 9.97. The average Bonchev–Trinajstić information content (AvgIpc) is 2.66. The first-order valence-electron chi connectivity index (χ1n) is 8.74. The Morgan fingerprint density at radius 1 is 0.964 bits per heavy atom. The van der Waals surface area contributed by atoms with E-state index in [4.69, 9.17) is 0 Å². The van der Waals surface area contributed by atoms with Crippen molar-refractivity contribution >= 4 is 21.6 Å². The van der Waals surface area contributed by atoms with Gasteiger partial charge in [0.25, 0.3) is 0 Å². The first-order valence-corrected chi connectivity index (χ1v) is 10.3. The van der Waals surface area contributed by atoms with Crippen LogP contribution in [0.1, 0.15) is 18.4 Å². The SMILES string of the molecule is O=C(Nc1c(F)cccc1F)C1CCN(S(=O)(=O)Cc2ccccc2F)CC1. The lowest BCUT2D eigenvalue weighted by Crippen LogP contribution is -2.42. The summed E-state index contributed by atoms with van der Waals surface area (Å²) in [5.41, 5.74) is -0.431. The van der Waals surface area contributed by atoms with Gasteiger partial charge < -0.3 is 5.32 Å². The number of nitrogens with one attached hydrogen (secondary N) is 1. The molecule has 1 aliphatic rings. The van der Waals surface area contributed by atoms with E-state index in [1.165, 1.54) is 28.6 Å². The number of amides is 1. The maximum absolute atomic E-state index is 13.7. The van der Waals surface area contributed by atoms with Crippen LogP contribution in [0.2, 0.25) is 0 Å². The second-order valence-corrected chi connectivity index (χ2v) is 8.58. The lowest BCUT2D eigenvalue weighted by molar-refractivity contribution is -0.121. The number of halogens is 3. The number of benzene rings is 2. The molecule has 9 heteroatoms. The van der Waals surface area contributed by atoms with Crippen molar-refractivity contribution in [3.8, 4) is 0 Å². The third-order valence-electron chi connectivity index (χ3n) is 4.72. The quantitative estimate of drug-likeness (QED) is 0.820. The number of rotatable bonds is 5. The van der Waals surface area contributed by atoms with Crippen LogP contribution < -0.4 is 5.32 Å².